The zero-order valence-electron chi connectivity index (χ0n) is 49.1. The summed E-state index contributed by atoms with van der Waals surface area (Å²) < 4.78 is 7.87. The number of hydrogen-bond acceptors (Lipinski definition) is 3. The first-order chi connectivity index (χ1) is 35.2. The van der Waals surface area contributed by atoms with Gasteiger partial charge >= 0.3 is 0 Å². The molecule has 75 heavy (non-hydrogen) atoms. The molecule has 3 heterocycles. The van der Waals surface area contributed by atoms with Gasteiger partial charge in [-0.15, -0.1) is 0 Å². The maximum absolute atomic E-state index is 7.87. The van der Waals surface area contributed by atoms with Gasteiger partial charge in [0.25, 0.3) is 6.71 Å². The summed E-state index contributed by atoms with van der Waals surface area (Å²) in [5, 5.41) is 1.26. The Kier molecular flexibility index (Phi) is 10.6. The summed E-state index contributed by atoms with van der Waals surface area (Å²) in [6.07, 6.45) is 23.2. The minimum atomic E-state index is -0.101. The lowest BCUT2D eigenvalue weighted by Crippen LogP contribution is -2.61. The highest BCUT2D eigenvalue weighted by atomic mass is 16.3. The zero-order valence-corrected chi connectivity index (χ0v) is 49.1. The molecule has 7 aliphatic carbocycles. The van der Waals surface area contributed by atoms with Crippen molar-refractivity contribution in [1.29, 1.82) is 0 Å². The minimum absolute atomic E-state index is 0.0173. The number of benzene rings is 4. The van der Waals surface area contributed by atoms with Gasteiger partial charge in [0.2, 0.25) is 0 Å². The lowest BCUT2D eigenvalue weighted by atomic mass is 9.35. The molecule has 2 aliphatic heterocycles. The summed E-state index contributed by atoms with van der Waals surface area (Å²) in [7, 11) is 0. The largest absolute Gasteiger partial charge is 0.468 e. The third-order valence-corrected chi connectivity index (χ3v) is 23.0. The third-order valence-electron chi connectivity index (χ3n) is 23.0. The number of nitrogens with zero attached hydrogens (tertiary/aromatic N) is 2. The van der Waals surface area contributed by atoms with Crippen LogP contribution in [0.4, 0.5) is 28.4 Å². The van der Waals surface area contributed by atoms with Crippen molar-refractivity contribution >= 4 is 62.7 Å². The predicted molar refractivity (Wildman–Crippen MR) is 321 cm³/mol. The lowest BCUT2D eigenvalue weighted by molar-refractivity contribution is 0.188. The summed E-state index contributed by atoms with van der Waals surface area (Å²) in [5.74, 6) is 0.500. The normalized spacial score (nSPS) is 27.3. The molecule has 9 aliphatic rings. The standard InChI is InChI=1S/C71H89BN2O/c1-17-46(37-50-43(2)64(3,4)25-26-66(50,7)8)74-59-36-45(44-21-19-18-20-22-44)35-58-61(59)72(63-62(74)48-39-54-55(42-60(48)75-63)71(16)33-31-70(54,15)32-34-71)56-40-52-53(69(13,14)30-29-68(52,11)12)41-57(56)73(58)47-23-24-49-51(38-47)67(9,10)28-27-65(49,5)6/h17,23-24,35-42,44H,1,18-22,25-34H2,2-16H3/b46-37+. The van der Waals surface area contributed by atoms with Crippen LogP contribution >= 0.6 is 0 Å². The van der Waals surface area contributed by atoms with Crippen molar-refractivity contribution in [2.24, 2.45) is 10.8 Å². The number of fused-ring (bicyclic) bond motifs is 10. The molecule has 0 spiro atoms. The first-order valence-corrected chi connectivity index (χ1v) is 30.0. The van der Waals surface area contributed by atoms with Gasteiger partial charge in [-0.2, -0.15) is 0 Å². The van der Waals surface area contributed by atoms with Crippen molar-refractivity contribution in [2.75, 3.05) is 9.80 Å². The van der Waals surface area contributed by atoms with Gasteiger partial charge in [0.1, 0.15) is 5.58 Å². The highest BCUT2D eigenvalue weighted by Gasteiger charge is 2.53. The van der Waals surface area contributed by atoms with Crippen molar-refractivity contribution in [1.82, 2.24) is 0 Å². The second-order valence-electron chi connectivity index (χ2n) is 30.5. The van der Waals surface area contributed by atoms with E-state index in [1.54, 1.807) is 5.56 Å². The molecule has 5 aromatic rings. The Hall–Kier alpha value is -4.70. The minimum Gasteiger partial charge on any atom is -0.468 e. The number of allylic oxidation sites excluding steroid dienone is 4. The molecule has 2 bridgehead atoms. The fourth-order valence-corrected chi connectivity index (χ4v) is 16.9. The van der Waals surface area contributed by atoms with Gasteiger partial charge < -0.3 is 14.2 Å². The van der Waals surface area contributed by atoms with Gasteiger partial charge in [0.05, 0.1) is 11.3 Å². The fourth-order valence-electron chi connectivity index (χ4n) is 16.9. The van der Waals surface area contributed by atoms with Crippen LogP contribution < -0.4 is 26.4 Å². The molecule has 0 N–H and O–H groups in total. The monoisotopic (exact) mass is 997 g/mol. The Morgan fingerprint density at radius 1 is 0.560 bits per heavy atom. The van der Waals surface area contributed by atoms with Crippen LogP contribution in [-0.4, -0.2) is 6.71 Å². The topological polar surface area (TPSA) is 19.6 Å². The second-order valence-corrected chi connectivity index (χ2v) is 30.5. The summed E-state index contributed by atoms with van der Waals surface area (Å²) in [6.45, 7) is 42.1. The van der Waals surface area contributed by atoms with Gasteiger partial charge in [0.15, 0.2) is 0 Å². The van der Waals surface area contributed by atoms with E-state index < -0.39 is 0 Å². The highest BCUT2D eigenvalue weighted by Crippen LogP contribution is 2.59. The molecule has 0 radical (unpaired) electrons. The van der Waals surface area contributed by atoms with Crippen LogP contribution in [-0.2, 0) is 32.5 Å². The van der Waals surface area contributed by atoms with Gasteiger partial charge in [-0.1, -0.05) is 140 Å². The fraction of sp³-hybridized carbons (Fsp3) is 0.549. The molecule has 14 rings (SSSR count). The molecular formula is C71H89BN2O. The number of furan rings is 1. The molecule has 0 amide bonds. The van der Waals surface area contributed by atoms with E-state index in [9.17, 15) is 0 Å². The van der Waals surface area contributed by atoms with Crippen LogP contribution in [0.25, 0.3) is 11.0 Å². The number of hydrogen-bond donors (Lipinski definition) is 0. The van der Waals surface area contributed by atoms with E-state index in [0.717, 1.165) is 23.4 Å². The molecule has 2 fully saturated rings. The Bertz CT molecular complexity index is 3340. The Labute approximate surface area is 453 Å². The molecule has 4 aromatic carbocycles. The van der Waals surface area contributed by atoms with Crippen molar-refractivity contribution in [3.63, 3.8) is 0 Å². The van der Waals surface area contributed by atoms with E-state index in [2.05, 4.69) is 180 Å². The van der Waals surface area contributed by atoms with E-state index in [1.165, 1.54) is 179 Å². The summed E-state index contributed by atoms with van der Waals surface area (Å²) >= 11 is 0. The van der Waals surface area contributed by atoms with E-state index >= 15 is 0 Å². The zero-order chi connectivity index (χ0) is 52.9. The Balaban J connectivity index is 1.18. The second kappa shape index (κ2) is 16.0. The van der Waals surface area contributed by atoms with Crippen molar-refractivity contribution in [3.8, 4) is 0 Å². The third kappa shape index (κ3) is 7.17. The average molecular weight is 997 g/mol. The molecule has 4 heteroatoms. The first-order valence-electron chi connectivity index (χ1n) is 30.0. The summed E-state index contributed by atoms with van der Waals surface area (Å²) in [4.78, 5) is 5.48. The molecule has 0 unspecified atom stereocenters. The van der Waals surface area contributed by atoms with Crippen molar-refractivity contribution < 1.29 is 4.42 Å². The average Bonchev–Trinajstić information content (AvgIpc) is 3.74. The molecule has 2 saturated carbocycles. The lowest BCUT2D eigenvalue weighted by Gasteiger charge is -2.52. The van der Waals surface area contributed by atoms with Crippen LogP contribution in [0.5, 0.6) is 0 Å². The van der Waals surface area contributed by atoms with Crippen molar-refractivity contribution in [3.05, 3.63) is 129 Å². The molecule has 392 valence electrons. The first kappa shape index (κ1) is 49.8. The molecule has 3 nitrogen and oxygen atoms in total. The van der Waals surface area contributed by atoms with Crippen LogP contribution in [0, 0.1) is 10.8 Å². The van der Waals surface area contributed by atoms with E-state index in [4.69, 9.17) is 11.0 Å². The van der Waals surface area contributed by atoms with Gasteiger partial charge in [-0.25, -0.2) is 0 Å². The Morgan fingerprint density at radius 3 is 1.73 bits per heavy atom. The highest BCUT2D eigenvalue weighted by molar-refractivity contribution is 7.00. The number of anilines is 5. The SMILES string of the molecule is C=C/C(=C\C1=C(C)C(C)(C)CCC1(C)C)N1c2cc(C3CCCCC3)cc3c2B(c2cc4c(cc2N3c2ccc3c(c2)C(C)(C)CCC3(C)C)C(C)(C)CCC4(C)C)c2oc3cc4c(cc3c21)C1(C)CCC4(C)CC1. The van der Waals surface area contributed by atoms with Crippen LogP contribution in [0.1, 0.15) is 245 Å². The van der Waals surface area contributed by atoms with Gasteiger partial charge in [0, 0.05) is 33.8 Å². The van der Waals surface area contributed by atoms with E-state index in [-0.39, 0.29) is 50.0 Å². The van der Waals surface area contributed by atoms with Crippen LogP contribution in [0.15, 0.2) is 94.6 Å². The van der Waals surface area contributed by atoms with E-state index in [0.29, 0.717) is 5.92 Å². The summed E-state index contributed by atoms with van der Waals surface area (Å²) in [6, 6.07) is 23.6. The smallest absolute Gasteiger partial charge is 0.297 e. The molecule has 1 aromatic heterocycles. The maximum atomic E-state index is 7.87. The van der Waals surface area contributed by atoms with Gasteiger partial charge in [-0.05, 0) is 243 Å². The number of rotatable bonds is 5. The maximum Gasteiger partial charge on any atom is 0.297 e. The summed E-state index contributed by atoms with van der Waals surface area (Å²) in [5.41, 5.74) is 26.9. The van der Waals surface area contributed by atoms with E-state index in [1.807, 2.05) is 0 Å². The quantitative estimate of drug-likeness (QED) is 0.127. The van der Waals surface area contributed by atoms with Gasteiger partial charge in [-0.3, -0.25) is 0 Å². The predicted octanol–water partition coefficient (Wildman–Crippen LogP) is 18.3. The molecule has 0 saturated heterocycles. The van der Waals surface area contributed by atoms with Crippen LogP contribution in [0.3, 0.4) is 0 Å². The molecule has 0 atom stereocenters. The molecular weight excluding hydrogens is 908 g/mol. The van der Waals surface area contributed by atoms with Crippen LogP contribution in [0.2, 0.25) is 0 Å². The Morgan fingerprint density at radius 2 is 1.11 bits per heavy atom. The van der Waals surface area contributed by atoms with Crippen molar-refractivity contribution in [2.45, 2.75) is 239 Å².